The van der Waals surface area contributed by atoms with Gasteiger partial charge < -0.3 is 10.4 Å². The standard InChI is InChI=1S/C13H15N3O2S/c1-9(17)11-4-2-10(3-5-11)8-15-12(18)16-13-14-6-7-19-13/h2-7,9,17H,8H2,1H3,(H2,14,15,16,18)/t9-/m1/s1. The number of carbonyl (C=O) groups is 1. The highest BCUT2D eigenvalue weighted by Gasteiger charge is 2.04. The minimum absolute atomic E-state index is 0.283. The van der Waals surface area contributed by atoms with Crippen LogP contribution >= 0.6 is 11.3 Å². The molecule has 0 fully saturated rings. The third kappa shape index (κ3) is 4.04. The van der Waals surface area contributed by atoms with Crippen molar-refractivity contribution in [3.05, 3.63) is 47.0 Å². The number of aromatic nitrogens is 1. The van der Waals surface area contributed by atoms with Gasteiger partial charge in [0.2, 0.25) is 0 Å². The quantitative estimate of drug-likeness (QED) is 0.804. The highest BCUT2D eigenvalue weighted by atomic mass is 32.1. The lowest BCUT2D eigenvalue weighted by atomic mass is 10.1. The van der Waals surface area contributed by atoms with Crippen molar-refractivity contribution >= 4 is 22.5 Å². The van der Waals surface area contributed by atoms with Crippen LogP contribution in [0.25, 0.3) is 0 Å². The number of hydrogen-bond donors (Lipinski definition) is 3. The fraction of sp³-hybridized carbons (Fsp3) is 0.231. The van der Waals surface area contributed by atoms with Crippen molar-refractivity contribution < 1.29 is 9.90 Å². The summed E-state index contributed by atoms with van der Waals surface area (Å²) in [6.45, 7) is 2.14. The Kier molecular flexibility index (Phi) is 4.48. The maximum Gasteiger partial charge on any atom is 0.321 e. The van der Waals surface area contributed by atoms with Gasteiger partial charge in [-0.1, -0.05) is 24.3 Å². The van der Waals surface area contributed by atoms with Crippen molar-refractivity contribution in [1.29, 1.82) is 0 Å². The van der Waals surface area contributed by atoms with E-state index >= 15 is 0 Å². The van der Waals surface area contributed by atoms with Gasteiger partial charge in [-0.05, 0) is 18.1 Å². The molecule has 1 heterocycles. The van der Waals surface area contributed by atoms with Gasteiger partial charge in [-0.2, -0.15) is 0 Å². The summed E-state index contributed by atoms with van der Waals surface area (Å²) in [7, 11) is 0. The number of carbonyl (C=O) groups excluding carboxylic acids is 1. The van der Waals surface area contributed by atoms with E-state index in [4.69, 9.17) is 0 Å². The fourth-order valence-corrected chi connectivity index (χ4v) is 2.05. The second-order valence-electron chi connectivity index (χ2n) is 4.06. The summed E-state index contributed by atoms with van der Waals surface area (Å²) in [5.74, 6) is 0. The van der Waals surface area contributed by atoms with E-state index in [1.165, 1.54) is 11.3 Å². The van der Waals surface area contributed by atoms with Crippen molar-refractivity contribution in [3.8, 4) is 0 Å². The molecule has 0 aliphatic rings. The molecule has 19 heavy (non-hydrogen) atoms. The van der Waals surface area contributed by atoms with Crippen molar-refractivity contribution in [2.24, 2.45) is 0 Å². The highest BCUT2D eigenvalue weighted by molar-refractivity contribution is 7.13. The van der Waals surface area contributed by atoms with Crippen molar-refractivity contribution in [2.75, 3.05) is 5.32 Å². The van der Waals surface area contributed by atoms with E-state index in [0.29, 0.717) is 11.7 Å². The molecule has 0 saturated heterocycles. The Hall–Kier alpha value is -1.92. The van der Waals surface area contributed by atoms with Crippen LogP contribution in [0.3, 0.4) is 0 Å². The first kappa shape index (κ1) is 13.5. The van der Waals surface area contributed by atoms with Crippen LogP contribution in [0.4, 0.5) is 9.93 Å². The SMILES string of the molecule is C[C@@H](O)c1ccc(CNC(=O)Nc2nccs2)cc1. The third-order valence-corrected chi connectivity index (χ3v) is 3.26. The Morgan fingerprint density at radius 3 is 2.74 bits per heavy atom. The van der Waals surface area contributed by atoms with E-state index in [1.807, 2.05) is 24.3 Å². The summed E-state index contributed by atoms with van der Waals surface area (Å²) in [6.07, 6.45) is 1.16. The van der Waals surface area contributed by atoms with Crippen molar-refractivity contribution in [1.82, 2.24) is 10.3 Å². The number of benzene rings is 1. The van der Waals surface area contributed by atoms with E-state index in [0.717, 1.165) is 11.1 Å². The van der Waals surface area contributed by atoms with Crippen LogP contribution in [0, 0.1) is 0 Å². The number of urea groups is 1. The lowest BCUT2D eigenvalue weighted by molar-refractivity contribution is 0.199. The van der Waals surface area contributed by atoms with E-state index in [2.05, 4.69) is 15.6 Å². The molecular weight excluding hydrogens is 262 g/mol. The zero-order chi connectivity index (χ0) is 13.7. The molecule has 1 aromatic carbocycles. The average molecular weight is 277 g/mol. The number of anilines is 1. The number of nitrogens with zero attached hydrogens (tertiary/aromatic N) is 1. The molecule has 3 N–H and O–H groups in total. The largest absolute Gasteiger partial charge is 0.389 e. The Morgan fingerprint density at radius 1 is 1.42 bits per heavy atom. The molecule has 2 amide bonds. The van der Waals surface area contributed by atoms with E-state index in [-0.39, 0.29) is 6.03 Å². The number of hydrogen-bond acceptors (Lipinski definition) is 4. The molecule has 0 radical (unpaired) electrons. The fourth-order valence-electron chi connectivity index (χ4n) is 1.52. The minimum Gasteiger partial charge on any atom is -0.389 e. The summed E-state index contributed by atoms with van der Waals surface area (Å²) in [5.41, 5.74) is 1.83. The summed E-state index contributed by atoms with van der Waals surface area (Å²) in [6, 6.07) is 7.17. The van der Waals surface area contributed by atoms with Crippen LogP contribution in [0.15, 0.2) is 35.8 Å². The van der Waals surface area contributed by atoms with Gasteiger partial charge in [-0.25, -0.2) is 9.78 Å². The Balaban J connectivity index is 1.83. The number of aliphatic hydroxyl groups is 1. The Bertz CT molecular complexity index is 523. The molecule has 5 nitrogen and oxygen atoms in total. The molecule has 1 aromatic heterocycles. The summed E-state index contributed by atoms with van der Waals surface area (Å²) < 4.78 is 0. The Morgan fingerprint density at radius 2 is 2.16 bits per heavy atom. The van der Waals surface area contributed by atoms with Gasteiger partial charge in [0.15, 0.2) is 5.13 Å². The molecule has 0 unspecified atom stereocenters. The Labute approximate surface area is 115 Å². The normalized spacial score (nSPS) is 11.9. The molecule has 1 atom stereocenters. The molecule has 2 aromatic rings. The number of aliphatic hydroxyl groups excluding tert-OH is 1. The monoisotopic (exact) mass is 277 g/mol. The molecule has 100 valence electrons. The first-order valence-corrected chi connectivity index (χ1v) is 6.74. The number of rotatable bonds is 4. The summed E-state index contributed by atoms with van der Waals surface area (Å²) in [4.78, 5) is 15.5. The summed E-state index contributed by atoms with van der Waals surface area (Å²) in [5, 5.41) is 17.1. The number of thiazole rings is 1. The van der Waals surface area contributed by atoms with Gasteiger partial charge in [-0.15, -0.1) is 11.3 Å². The van der Waals surface area contributed by atoms with Crippen LogP contribution in [-0.4, -0.2) is 16.1 Å². The second kappa shape index (κ2) is 6.31. The van der Waals surface area contributed by atoms with Crippen molar-refractivity contribution in [2.45, 2.75) is 19.6 Å². The van der Waals surface area contributed by atoms with Crippen LogP contribution in [0.1, 0.15) is 24.2 Å². The zero-order valence-electron chi connectivity index (χ0n) is 10.5. The van der Waals surface area contributed by atoms with Gasteiger partial charge in [-0.3, -0.25) is 5.32 Å². The van der Waals surface area contributed by atoms with Gasteiger partial charge in [0.1, 0.15) is 0 Å². The molecular formula is C13H15N3O2S. The van der Waals surface area contributed by atoms with E-state index in [9.17, 15) is 9.90 Å². The summed E-state index contributed by atoms with van der Waals surface area (Å²) >= 11 is 1.37. The second-order valence-corrected chi connectivity index (χ2v) is 4.96. The number of nitrogens with one attached hydrogen (secondary N) is 2. The number of amides is 2. The third-order valence-electron chi connectivity index (χ3n) is 2.57. The van der Waals surface area contributed by atoms with Crippen LogP contribution in [0.5, 0.6) is 0 Å². The maximum absolute atomic E-state index is 11.6. The van der Waals surface area contributed by atoms with Crippen LogP contribution in [-0.2, 0) is 6.54 Å². The van der Waals surface area contributed by atoms with E-state index in [1.54, 1.807) is 18.5 Å². The zero-order valence-corrected chi connectivity index (χ0v) is 11.3. The molecule has 0 spiro atoms. The van der Waals surface area contributed by atoms with E-state index < -0.39 is 6.10 Å². The first-order valence-electron chi connectivity index (χ1n) is 5.86. The molecule has 6 heteroatoms. The smallest absolute Gasteiger partial charge is 0.321 e. The molecule has 0 aliphatic carbocycles. The lowest BCUT2D eigenvalue weighted by Gasteiger charge is -2.08. The average Bonchev–Trinajstić information content (AvgIpc) is 2.89. The van der Waals surface area contributed by atoms with Crippen LogP contribution in [0.2, 0.25) is 0 Å². The predicted octanol–water partition coefficient (Wildman–Crippen LogP) is 2.52. The maximum atomic E-state index is 11.6. The molecule has 2 rings (SSSR count). The topological polar surface area (TPSA) is 74.2 Å². The minimum atomic E-state index is -0.477. The van der Waals surface area contributed by atoms with Gasteiger partial charge in [0.25, 0.3) is 0 Å². The highest BCUT2D eigenvalue weighted by Crippen LogP contribution is 2.13. The predicted molar refractivity (Wildman–Crippen MR) is 75.0 cm³/mol. The van der Waals surface area contributed by atoms with Gasteiger partial charge in [0.05, 0.1) is 6.10 Å². The molecule has 0 aliphatic heterocycles. The molecule has 0 bridgehead atoms. The van der Waals surface area contributed by atoms with Gasteiger partial charge >= 0.3 is 6.03 Å². The lowest BCUT2D eigenvalue weighted by Crippen LogP contribution is -2.28. The van der Waals surface area contributed by atoms with Crippen molar-refractivity contribution in [3.63, 3.8) is 0 Å². The molecule has 0 saturated carbocycles. The first-order chi connectivity index (χ1) is 9.15. The van der Waals surface area contributed by atoms with Gasteiger partial charge in [0, 0.05) is 18.1 Å². The van der Waals surface area contributed by atoms with Crippen LogP contribution < -0.4 is 10.6 Å².